The molecule has 3 aromatic carbocycles. The summed E-state index contributed by atoms with van der Waals surface area (Å²) in [5.74, 6) is 3.30. The Labute approximate surface area is 230 Å². The van der Waals surface area contributed by atoms with Gasteiger partial charge >= 0.3 is 0 Å². The van der Waals surface area contributed by atoms with E-state index in [2.05, 4.69) is 43.0 Å². The fourth-order valence-electron chi connectivity index (χ4n) is 4.82. The molecule has 1 fully saturated rings. The highest BCUT2D eigenvalue weighted by atomic mass is 35.5. The second-order valence-corrected chi connectivity index (χ2v) is 11.2. The lowest BCUT2D eigenvalue weighted by Crippen LogP contribution is -2.33. The third kappa shape index (κ3) is 6.98. The van der Waals surface area contributed by atoms with Gasteiger partial charge in [-0.3, -0.25) is 4.90 Å². The van der Waals surface area contributed by atoms with Gasteiger partial charge in [0.15, 0.2) is 0 Å². The second kappa shape index (κ2) is 12.7. The summed E-state index contributed by atoms with van der Waals surface area (Å²) in [5, 5.41) is 11.9. The van der Waals surface area contributed by atoms with Crippen molar-refractivity contribution in [3.05, 3.63) is 71.6 Å². The normalized spacial score (nSPS) is 14.0. The number of hydrogen-bond acceptors (Lipinski definition) is 5. The molecule has 37 heavy (non-hydrogen) atoms. The van der Waals surface area contributed by atoms with E-state index in [4.69, 9.17) is 9.47 Å². The number of ether oxygens (including phenoxy) is 2. The largest absolute Gasteiger partial charge is 0.508 e. The first-order valence-electron chi connectivity index (χ1n) is 13.0. The van der Waals surface area contributed by atoms with Crippen molar-refractivity contribution in [3.63, 3.8) is 0 Å². The summed E-state index contributed by atoms with van der Waals surface area (Å²) in [4.78, 5) is 5.05. The Bertz CT molecular complexity index is 1300. The average Bonchev–Trinajstić information content (AvgIpc) is 3.33. The lowest BCUT2D eigenvalue weighted by molar-refractivity contribution is 0.183. The second-order valence-electron chi connectivity index (χ2n) is 10.0. The zero-order valence-corrected chi connectivity index (χ0v) is 23.2. The van der Waals surface area contributed by atoms with Gasteiger partial charge in [0.2, 0.25) is 0 Å². The quantitative estimate of drug-likeness (QED) is 0.232. The fraction of sp³-hybridized carbons (Fsp3) is 0.355. The number of phenols is 1. The summed E-state index contributed by atoms with van der Waals surface area (Å²) >= 11 is 1.82. The van der Waals surface area contributed by atoms with Gasteiger partial charge in [-0.2, -0.15) is 0 Å². The number of rotatable bonds is 9. The molecular weight excluding hydrogens is 502 g/mol. The van der Waals surface area contributed by atoms with Crippen molar-refractivity contribution in [2.45, 2.75) is 39.5 Å². The number of thiophene rings is 1. The molecule has 4 nitrogen and oxygen atoms in total. The van der Waals surface area contributed by atoms with Crippen LogP contribution in [0.4, 0.5) is 0 Å². The molecule has 1 aliphatic rings. The number of phenolic OH excluding ortho intramolecular Hbond substituents is 1. The number of benzene rings is 3. The summed E-state index contributed by atoms with van der Waals surface area (Å²) in [6.07, 6.45) is 5.02. The van der Waals surface area contributed by atoms with Crippen molar-refractivity contribution in [2.75, 3.05) is 26.2 Å². The standard InChI is InChI=1S/C31H35NO3S.ClH/c1-22(2)20-27-12-15-30(36-27)29-13-6-23-21-24(33)7-14-28(23)31(29)35-26-10-8-25(9-11-26)34-19-18-32-16-4-3-5-17-32;/h6-15,21-22,33H,3-5,16-20H2,1-2H3;1H. The first kappa shape index (κ1) is 27.3. The van der Waals surface area contributed by atoms with Gasteiger partial charge in [0.25, 0.3) is 0 Å². The van der Waals surface area contributed by atoms with Crippen LogP contribution in [0.5, 0.6) is 23.0 Å². The number of fused-ring (bicyclic) bond motifs is 1. The lowest BCUT2D eigenvalue weighted by atomic mass is 10.0. The van der Waals surface area contributed by atoms with Crippen LogP contribution in [0.15, 0.2) is 66.7 Å². The van der Waals surface area contributed by atoms with Crippen LogP contribution < -0.4 is 9.47 Å². The van der Waals surface area contributed by atoms with Crippen molar-refractivity contribution in [1.82, 2.24) is 4.90 Å². The summed E-state index contributed by atoms with van der Waals surface area (Å²) in [5.41, 5.74) is 1.06. The Morgan fingerprint density at radius 3 is 2.41 bits per heavy atom. The van der Waals surface area contributed by atoms with E-state index in [1.54, 1.807) is 12.1 Å². The monoisotopic (exact) mass is 537 g/mol. The van der Waals surface area contributed by atoms with Crippen molar-refractivity contribution >= 4 is 34.5 Å². The van der Waals surface area contributed by atoms with Crippen LogP contribution in [0.3, 0.4) is 0 Å². The Morgan fingerprint density at radius 2 is 1.65 bits per heavy atom. The van der Waals surface area contributed by atoms with Gasteiger partial charge in [-0.25, -0.2) is 0 Å². The molecule has 1 aromatic heterocycles. The highest BCUT2D eigenvalue weighted by molar-refractivity contribution is 7.15. The zero-order chi connectivity index (χ0) is 24.9. The van der Waals surface area contributed by atoms with E-state index in [-0.39, 0.29) is 18.2 Å². The minimum atomic E-state index is 0. The highest BCUT2D eigenvalue weighted by Gasteiger charge is 2.15. The van der Waals surface area contributed by atoms with Crippen LogP contribution in [-0.2, 0) is 6.42 Å². The number of aromatic hydroxyl groups is 1. The number of nitrogens with zero attached hydrogens (tertiary/aromatic N) is 1. The maximum atomic E-state index is 10.0. The fourth-order valence-corrected chi connectivity index (χ4v) is 6.07. The minimum absolute atomic E-state index is 0. The molecule has 0 atom stereocenters. The Morgan fingerprint density at radius 1 is 0.892 bits per heavy atom. The van der Waals surface area contributed by atoms with E-state index in [1.807, 2.05) is 41.7 Å². The SMILES string of the molecule is CC(C)Cc1ccc(-c2ccc3cc(O)ccc3c2Oc2ccc(OCCN3CCCCC3)cc2)s1.Cl. The summed E-state index contributed by atoms with van der Waals surface area (Å²) < 4.78 is 12.5. The number of hydrogen-bond donors (Lipinski definition) is 1. The van der Waals surface area contributed by atoms with Crippen molar-refractivity contribution in [1.29, 1.82) is 0 Å². The molecule has 5 rings (SSSR count). The number of piperidine rings is 1. The third-order valence-corrected chi connectivity index (χ3v) is 7.80. The van der Waals surface area contributed by atoms with Gasteiger partial charge in [-0.05, 0) is 104 Å². The van der Waals surface area contributed by atoms with E-state index >= 15 is 0 Å². The predicted octanol–water partition coefficient (Wildman–Crippen LogP) is 8.55. The number of likely N-dealkylation sites (tertiary alicyclic amines) is 1. The molecule has 0 bridgehead atoms. The van der Waals surface area contributed by atoms with Crippen LogP contribution >= 0.6 is 23.7 Å². The lowest BCUT2D eigenvalue weighted by Gasteiger charge is -2.26. The molecule has 2 heterocycles. The molecule has 196 valence electrons. The molecule has 1 aliphatic heterocycles. The molecule has 0 radical (unpaired) electrons. The molecule has 0 unspecified atom stereocenters. The molecule has 0 spiro atoms. The van der Waals surface area contributed by atoms with Gasteiger partial charge in [0, 0.05) is 27.2 Å². The zero-order valence-electron chi connectivity index (χ0n) is 21.6. The Balaban J connectivity index is 0.00000320. The molecule has 0 saturated carbocycles. The Kier molecular flexibility index (Phi) is 9.36. The van der Waals surface area contributed by atoms with Crippen LogP contribution in [0, 0.1) is 5.92 Å². The van der Waals surface area contributed by atoms with E-state index in [9.17, 15) is 5.11 Å². The van der Waals surface area contributed by atoms with Gasteiger partial charge in [0.05, 0.1) is 0 Å². The first-order valence-corrected chi connectivity index (χ1v) is 13.8. The van der Waals surface area contributed by atoms with Crippen LogP contribution in [0.1, 0.15) is 38.0 Å². The van der Waals surface area contributed by atoms with Crippen LogP contribution in [0.2, 0.25) is 0 Å². The summed E-state index contributed by atoms with van der Waals surface area (Å²) in [7, 11) is 0. The van der Waals surface area contributed by atoms with Crippen molar-refractivity contribution in [2.24, 2.45) is 5.92 Å². The molecular formula is C31H36ClNO3S. The van der Waals surface area contributed by atoms with Gasteiger partial charge in [-0.1, -0.05) is 26.3 Å². The molecule has 1 saturated heterocycles. The number of halogens is 1. The maximum Gasteiger partial charge on any atom is 0.143 e. The molecule has 6 heteroatoms. The Hall–Kier alpha value is -2.73. The third-order valence-electron chi connectivity index (χ3n) is 6.66. The first-order chi connectivity index (χ1) is 17.5. The highest BCUT2D eigenvalue weighted by Crippen LogP contribution is 2.43. The molecule has 0 aliphatic carbocycles. The molecule has 1 N–H and O–H groups in total. The van der Waals surface area contributed by atoms with Gasteiger partial charge in [0.1, 0.15) is 29.6 Å². The van der Waals surface area contributed by atoms with Crippen LogP contribution in [0.25, 0.3) is 21.2 Å². The topological polar surface area (TPSA) is 41.9 Å². The van der Waals surface area contributed by atoms with E-state index in [0.29, 0.717) is 12.5 Å². The van der Waals surface area contributed by atoms with E-state index < -0.39 is 0 Å². The molecule has 4 aromatic rings. The smallest absolute Gasteiger partial charge is 0.143 e. The van der Waals surface area contributed by atoms with Gasteiger partial charge in [-0.15, -0.1) is 23.7 Å². The average molecular weight is 538 g/mol. The minimum Gasteiger partial charge on any atom is -0.508 e. The van der Waals surface area contributed by atoms with Crippen molar-refractivity contribution < 1.29 is 14.6 Å². The van der Waals surface area contributed by atoms with Crippen molar-refractivity contribution in [3.8, 4) is 33.4 Å². The van der Waals surface area contributed by atoms with Crippen LogP contribution in [-0.4, -0.2) is 36.2 Å². The predicted molar refractivity (Wildman–Crippen MR) is 157 cm³/mol. The maximum absolute atomic E-state index is 10.0. The van der Waals surface area contributed by atoms with E-state index in [0.717, 1.165) is 46.6 Å². The van der Waals surface area contributed by atoms with Gasteiger partial charge < -0.3 is 14.6 Å². The summed E-state index contributed by atoms with van der Waals surface area (Å²) in [6.45, 7) is 8.54. The van der Waals surface area contributed by atoms with E-state index in [1.165, 1.54) is 42.1 Å². The molecule has 0 amide bonds. The summed E-state index contributed by atoms with van der Waals surface area (Å²) in [6, 6.07) is 21.9.